The fourth-order valence-electron chi connectivity index (χ4n) is 10.7. The summed E-state index contributed by atoms with van der Waals surface area (Å²) in [5.74, 6) is 1.74. The first-order valence-corrected chi connectivity index (χ1v) is 15.2. The molecule has 3 saturated carbocycles. The standard InChI is InChI=1S/C34H45N3O3/c1-20-36-37-26(40-20)19-34-14-12-29(2,3)17-21(34)27-23(38)16-25-31(6)18-22(35-9)28(39)30(4,5)24(31)10-11-32(25,7)33(27,8)13-15-34/h16,18,21,24,27H,10-15,17,19H2,1-8H3/t21-,24-,27-,31-,32+,33+,34+/m0/s1. The zero-order valence-corrected chi connectivity index (χ0v) is 25.6. The van der Waals surface area contributed by atoms with Gasteiger partial charge >= 0.3 is 0 Å². The summed E-state index contributed by atoms with van der Waals surface area (Å²) in [7, 11) is 0. The van der Waals surface area contributed by atoms with Crippen LogP contribution in [0.4, 0.5) is 0 Å². The van der Waals surface area contributed by atoms with Gasteiger partial charge in [0.25, 0.3) is 0 Å². The molecule has 0 spiro atoms. The van der Waals surface area contributed by atoms with Gasteiger partial charge in [0.05, 0.1) is 6.57 Å². The first-order chi connectivity index (χ1) is 18.5. The minimum atomic E-state index is -0.635. The maximum absolute atomic E-state index is 14.6. The van der Waals surface area contributed by atoms with Gasteiger partial charge < -0.3 is 9.21 Å². The molecule has 0 radical (unpaired) electrons. The Morgan fingerprint density at radius 1 is 1.00 bits per heavy atom. The van der Waals surface area contributed by atoms with Crippen molar-refractivity contribution in [2.75, 3.05) is 0 Å². The summed E-state index contributed by atoms with van der Waals surface area (Å²) in [6, 6.07) is 0. The van der Waals surface area contributed by atoms with Crippen LogP contribution in [0.1, 0.15) is 105 Å². The number of nitrogens with zero attached hydrogens (tertiary/aromatic N) is 3. The fraction of sp³-hybridized carbons (Fsp3) is 0.735. The summed E-state index contributed by atoms with van der Waals surface area (Å²) in [5, 5.41) is 8.52. The van der Waals surface area contributed by atoms with Gasteiger partial charge in [0.2, 0.25) is 17.5 Å². The van der Waals surface area contributed by atoms with Gasteiger partial charge in [-0.05, 0) is 84.5 Å². The van der Waals surface area contributed by atoms with Gasteiger partial charge in [-0.2, -0.15) is 0 Å². The number of hydrogen-bond acceptors (Lipinski definition) is 5. The Kier molecular flexibility index (Phi) is 5.70. The van der Waals surface area contributed by atoms with Gasteiger partial charge in [-0.25, -0.2) is 4.85 Å². The minimum absolute atomic E-state index is 0.0203. The molecule has 0 unspecified atom stereocenters. The number of hydrogen-bond donors (Lipinski definition) is 0. The van der Waals surface area contributed by atoms with Gasteiger partial charge in [0.1, 0.15) is 0 Å². The molecule has 5 aliphatic carbocycles. The van der Waals surface area contributed by atoms with Gasteiger partial charge in [-0.1, -0.05) is 60.1 Å². The molecular weight excluding hydrogens is 498 g/mol. The number of allylic oxidation sites excluding steroid dienone is 4. The molecule has 0 saturated heterocycles. The second-order valence-corrected chi connectivity index (χ2v) is 16.0. The number of ketones is 2. The van der Waals surface area contributed by atoms with Crippen LogP contribution < -0.4 is 0 Å². The quantitative estimate of drug-likeness (QED) is 0.361. The molecule has 0 aromatic carbocycles. The summed E-state index contributed by atoms with van der Waals surface area (Å²) in [5.41, 5.74) is 0.0367. The average Bonchev–Trinajstić information content (AvgIpc) is 3.27. The number of fused-ring (bicyclic) bond motifs is 7. The zero-order valence-electron chi connectivity index (χ0n) is 25.6. The van der Waals surface area contributed by atoms with Crippen molar-refractivity contribution in [3.05, 3.63) is 46.6 Å². The van der Waals surface area contributed by atoms with Crippen LogP contribution in [0.5, 0.6) is 0 Å². The van der Waals surface area contributed by atoms with E-state index in [1.165, 1.54) is 0 Å². The molecule has 1 aromatic rings. The normalized spacial score (nSPS) is 43.3. The molecule has 0 N–H and O–H groups in total. The molecule has 1 aromatic heterocycles. The topological polar surface area (TPSA) is 77.4 Å². The summed E-state index contributed by atoms with van der Waals surface area (Å²) in [6.07, 6.45) is 11.8. The van der Waals surface area contributed by atoms with Gasteiger partial charge in [-0.3, -0.25) is 4.79 Å². The Morgan fingerprint density at radius 2 is 1.70 bits per heavy atom. The molecule has 6 heteroatoms. The monoisotopic (exact) mass is 543 g/mol. The summed E-state index contributed by atoms with van der Waals surface area (Å²) < 4.78 is 5.92. The second kappa shape index (κ2) is 8.26. The minimum Gasteiger partial charge on any atom is -0.426 e. The molecule has 0 amide bonds. The van der Waals surface area contributed by atoms with Crippen LogP contribution in [0.25, 0.3) is 4.85 Å². The van der Waals surface area contributed by atoms with E-state index in [4.69, 9.17) is 11.0 Å². The molecule has 1 heterocycles. The Balaban J connectivity index is 1.50. The molecule has 214 valence electrons. The summed E-state index contributed by atoms with van der Waals surface area (Å²) >= 11 is 0. The number of rotatable bonds is 2. The predicted octanol–water partition coefficient (Wildman–Crippen LogP) is 7.49. The highest BCUT2D eigenvalue weighted by atomic mass is 16.4. The lowest BCUT2D eigenvalue weighted by Crippen LogP contribution is -2.65. The number of carbonyl (C=O) groups is 2. The van der Waals surface area contributed by atoms with Crippen molar-refractivity contribution in [1.29, 1.82) is 0 Å². The van der Waals surface area contributed by atoms with Gasteiger partial charge in [-0.15, -0.1) is 10.2 Å². The van der Waals surface area contributed by atoms with Crippen molar-refractivity contribution in [1.82, 2.24) is 10.2 Å². The van der Waals surface area contributed by atoms with Crippen molar-refractivity contribution in [3.8, 4) is 0 Å². The van der Waals surface area contributed by atoms with E-state index in [2.05, 4.69) is 49.7 Å². The lowest BCUT2D eigenvalue weighted by molar-refractivity contribution is -0.172. The van der Waals surface area contributed by atoms with E-state index in [-0.39, 0.29) is 56.7 Å². The van der Waals surface area contributed by atoms with E-state index in [9.17, 15) is 9.59 Å². The Hall–Kier alpha value is -2.55. The molecule has 0 aliphatic heterocycles. The lowest BCUT2D eigenvalue weighted by Gasteiger charge is -2.69. The predicted molar refractivity (Wildman–Crippen MR) is 153 cm³/mol. The van der Waals surface area contributed by atoms with Crippen LogP contribution in [0.2, 0.25) is 0 Å². The maximum atomic E-state index is 14.6. The highest BCUT2D eigenvalue weighted by molar-refractivity contribution is 6.03. The van der Waals surface area contributed by atoms with Gasteiger partial charge in [0, 0.05) is 30.1 Å². The van der Waals surface area contributed by atoms with Crippen molar-refractivity contribution >= 4 is 11.6 Å². The van der Waals surface area contributed by atoms with Crippen LogP contribution in [0.15, 0.2) is 27.8 Å². The van der Waals surface area contributed by atoms with E-state index < -0.39 is 10.8 Å². The van der Waals surface area contributed by atoms with Crippen molar-refractivity contribution in [2.24, 2.45) is 50.2 Å². The average molecular weight is 544 g/mol. The fourth-order valence-corrected chi connectivity index (χ4v) is 10.7. The van der Waals surface area contributed by atoms with Crippen LogP contribution in [-0.2, 0) is 16.0 Å². The van der Waals surface area contributed by atoms with E-state index >= 15 is 0 Å². The second-order valence-electron chi connectivity index (χ2n) is 16.0. The van der Waals surface area contributed by atoms with Crippen LogP contribution >= 0.6 is 0 Å². The Bertz CT molecular complexity index is 1410. The molecule has 6 rings (SSSR count). The maximum Gasteiger partial charge on any atom is 0.226 e. The molecular formula is C34H45N3O3. The van der Waals surface area contributed by atoms with E-state index in [0.29, 0.717) is 11.8 Å². The van der Waals surface area contributed by atoms with E-state index in [1.807, 2.05) is 32.9 Å². The molecule has 6 nitrogen and oxygen atoms in total. The van der Waals surface area contributed by atoms with Crippen molar-refractivity contribution in [3.63, 3.8) is 0 Å². The molecule has 3 fully saturated rings. The first-order valence-electron chi connectivity index (χ1n) is 15.2. The third kappa shape index (κ3) is 3.45. The number of carbonyl (C=O) groups excluding carboxylic acids is 2. The highest BCUT2D eigenvalue weighted by Gasteiger charge is 2.69. The van der Waals surface area contributed by atoms with Crippen LogP contribution in [-0.4, -0.2) is 21.8 Å². The molecule has 0 bridgehead atoms. The Labute approximate surface area is 239 Å². The van der Waals surface area contributed by atoms with Crippen LogP contribution in [0.3, 0.4) is 0 Å². The zero-order chi connectivity index (χ0) is 29.1. The van der Waals surface area contributed by atoms with Crippen molar-refractivity contribution < 1.29 is 14.0 Å². The first kappa shape index (κ1) is 27.6. The number of Topliss-reactive ketones (excluding diaryl/α,β-unsaturated/α-hetero) is 1. The third-order valence-electron chi connectivity index (χ3n) is 13.1. The van der Waals surface area contributed by atoms with E-state index in [0.717, 1.165) is 56.9 Å². The lowest BCUT2D eigenvalue weighted by atomic mass is 9.34. The highest BCUT2D eigenvalue weighted by Crippen LogP contribution is 2.74. The van der Waals surface area contributed by atoms with Crippen molar-refractivity contribution in [2.45, 2.75) is 107 Å². The van der Waals surface area contributed by atoms with Gasteiger partial charge in [0.15, 0.2) is 11.6 Å². The number of aromatic nitrogens is 2. The molecule has 5 aliphatic rings. The largest absolute Gasteiger partial charge is 0.426 e. The third-order valence-corrected chi connectivity index (χ3v) is 13.1. The summed E-state index contributed by atoms with van der Waals surface area (Å²) in [4.78, 5) is 31.6. The van der Waals surface area contributed by atoms with Crippen LogP contribution in [0, 0.1) is 63.7 Å². The van der Waals surface area contributed by atoms with E-state index in [1.54, 1.807) is 0 Å². The smallest absolute Gasteiger partial charge is 0.226 e. The molecule has 7 atom stereocenters. The number of aryl methyl sites for hydroxylation is 1. The Morgan fingerprint density at radius 3 is 2.35 bits per heavy atom. The molecule has 40 heavy (non-hydrogen) atoms. The SMILES string of the molecule is [C-]#[N+]C1=C[C@]2(C)C3=CC(=O)[C@@H]4[C@@H]5CC(C)(C)CC[C@]5(Cc5nnc(C)o5)CC[C@@]4(C)[C@]3(C)CC[C@H]2C(C)(C)C1=O. The summed E-state index contributed by atoms with van der Waals surface area (Å²) in [6.45, 7) is 25.4.